The monoisotopic (exact) mass is 323 g/mol. The molecule has 100 valence electrons. The highest BCUT2D eigenvalue weighted by Crippen LogP contribution is 2.46. The summed E-state index contributed by atoms with van der Waals surface area (Å²) in [5.74, 6) is 0.790. The van der Waals surface area contributed by atoms with Crippen molar-refractivity contribution in [1.82, 2.24) is 4.90 Å². The van der Waals surface area contributed by atoms with Gasteiger partial charge in [0.25, 0.3) is 0 Å². The number of rotatable bonds is 3. The van der Waals surface area contributed by atoms with Crippen LogP contribution in [-0.2, 0) is 16.1 Å². The normalized spacial score (nSPS) is 24.3. The predicted octanol–water partition coefficient (Wildman–Crippen LogP) is 2.21. The summed E-state index contributed by atoms with van der Waals surface area (Å²) < 4.78 is 5.40. The topological polar surface area (TPSA) is 46.6 Å². The Morgan fingerprint density at radius 1 is 1.53 bits per heavy atom. The van der Waals surface area contributed by atoms with Crippen LogP contribution < -0.4 is 0 Å². The number of halogens is 1. The van der Waals surface area contributed by atoms with Gasteiger partial charge in [0.15, 0.2) is 0 Å². The highest BCUT2D eigenvalue weighted by atomic mass is 79.9. The van der Waals surface area contributed by atoms with Crippen molar-refractivity contribution in [3.63, 3.8) is 0 Å². The highest BCUT2D eigenvalue weighted by molar-refractivity contribution is 9.10. The Bertz CT molecular complexity index is 558. The van der Waals surface area contributed by atoms with Gasteiger partial charge in [-0.3, -0.25) is 4.79 Å². The van der Waals surface area contributed by atoms with Crippen LogP contribution in [0.1, 0.15) is 22.3 Å². The number of piperidine rings is 1. The molecule has 0 N–H and O–H groups in total. The van der Waals surface area contributed by atoms with Crippen molar-refractivity contribution in [2.45, 2.75) is 13.0 Å². The Kier molecular flexibility index (Phi) is 3.09. The van der Waals surface area contributed by atoms with Crippen LogP contribution in [-0.4, -0.2) is 30.4 Å². The number of carbonyl (C=O) groups is 2. The fourth-order valence-electron chi connectivity index (χ4n) is 2.65. The van der Waals surface area contributed by atoms with Gasteiger partial charge in [0.05, 0.1) is 12.7 Å². The molecule has 2 aliphatic rings. The molecule has 1 aliphatic carbocycles. The van der Waals surface area contributed by atoms with Gasteiger partial charge >= 0.3 is 5.97 Å². The second kappa shape index (κ2) is 4.63. The van der Waals surface area contributed by atoms with Gasteiger partial charge in [0, 0.05) is 23.5 Å². The summed E-state index contributed by atoms with van der Waals surface area (Å²) in [6.07, 6.45) is 1.07. The van der Waals surface area contributed by atoms with Crippen molar-refractivity contribution in [3.05, 3.63) is 33.8 Å². The molecule has 1 saturated heterocycles. The second-order valence-electron chi connectivity index (χ2n) is 5.13. The third-order valence-corrected chi connectivity index (χ3v) is 4.47. The number of benzene rings is 1. The Morgan fingerprint density at radius 3 is 2.89 bits per heavy atom. The Hall–Kier alpha value is -1.36. The van der Waals surface area contributed by atoms with Crippen LogP contribution in [0, 0.1) is 11.8 Å². The SMILES string of the molecule is COC(=O)c1ccc(CN2CC3CC3C2=O)cc1Br. The Morgan fingerprint density at radius 2 is 2.32 bits per heavy atom. The third-order valence-electron chi connectivity index (χ3n) is 3.82. The molecule has 4 nitrogen and oxygen atoms in total. The fourth-order valence-corrected chi connectivity index (χ4v) is 3.24. The lowest BCUT2D eigenvalue weighted by molar-refractivity contribution is -0.130. The molecule has 1 aromatic rings. The van der Waals surface area contributed by atoms with Gasteiger partial charge in [-0.25, -0.2) is 4.79 Å². The maximum atomic E-state index is 11.9. The lowest BCUT2D eigenvalue weighted by atomic mass is 10.1. The maximum Gasteiger partial charge on any atom is 0.339 e. The van der Waals surface area contributed by atoms with Crippen molar-refractivity contribution < 1.29 is 14.3 Å². The smallest absolute Gasteiger partial charge is 0.339 e. The average Bonchev–Trinajstić information content (AvgIpc) is 3.09. The average molecular weight is 324 g/mol. The van der Waals surface area contributed by atoms with E-state index in [0.717, 1.165) is 18.5 Å². The minimum atomic E-state index is -0.364. The number of amides is 1. The van der Waals surface area contributed by atoms with Crippen LogP contribution in [0.5, 0.6) is 0 Å². The summed E-state index contributed by atoms with van der Waals surface area (Å²) in [5.41, 5.74) is 1.52. The van der Waals surface area contributed by atoms with Crippen LogP contribution in [0.25, 0.3) is 0 Å². The van der Waals surface area contributed by atoms with E-state index in [9.17, 15) is 9.59 Å². The molecule has 0 radical (unpaired) electrons. The molecule has 3 rings (SSSR count). The van der Waals surface area contributed by atoms with Gasteiger partial charge in [0.1, 0.15) is 0 Å². The van der Waals surface area contributed by atoms with Crippen LogP contribution in [0.4, 0.5) is 0 Å². The minimum absolute atomic E-state index is 0.276. The van der Waals surface area contributed by atoms with E-state index in [1.165, 1.54) is 7.11 Å². The standard InChI is InChI=1S/C14H14BrNO3/c1-19-14(18)10-3-2-8(4-12(10)15)6-16-7-9-5-11(9)13(16)17/h2-4,9,11H,5-7H2,1H3. The lowest BCUT2D eigenvalue weighted by Gasteiger charge is -2.18. The zero-order valence-electron chi connectivity index (χ0n) is 10.6. The molecule has 1 aliphatic heterocycles. The van der Waals surface area contributed by atoms with Gasteiger partial charge in [-0.2, -0.15) is 0 Å². The van der Waals surface area contributed by atoms with E-state index in [-0.39, 0.29) is 17.8 Å². The third kappa shape index (κ3) is 2.27. The van der Waals surface area contributed by atoms with Gasteiger partial charge in [-0.15, -0.1) is 0 Å². The molecule has 19 heavy (non-hydrogen) atoms. The van der Waals surface area contributed by atoms with E-state index in [0.29, 0.717) is 22.5 Å². The molecule has 0 bridgehead atoms. The molecule has 2 atom stereocenters. The number of esters is 1. The number of carbonyl (C=O) groups excluding carboxylic acids is 2. The summed E-state index contributed by atoms with van der Waals surface area (Å²) in [7, 11) is 1.36. The predicted molar refractivity (Wildman–Crippen MR) is 72.5 cm³/mol. The molecule has 1 heterocycles. The first-order valence-electron chi connectivity index (χ1n) is 6.25. The molecule has 1 aromatic carbocycles. The zero-order valence-corrected chi connectivity index (χ0v) is 12.1. The number of likely N-dealkylation sites (tertiary alicyclic amines) is 1. The quantitative estimate of drug-likeness (QED) is 0.801. The molecule has 1 amide bonds. The highest BCUT2D eigenvalue weighted by Gasteiger charge is 2.51. The molecular weight excluding hydrogens is 310 g/mol. The number of nitrogens with zero attached hydrogens (tertiary/aromatic N) is 1. The first-order chi connectivity index (χ1) is 9.10. The first-order valence-corrected chi connectivity index (χ1v) is 7.05. The van der Waals surface area contributed by atoms with Crippen LogP contribution >= 0.6 is 15.9 Å². The first kappa shape index (κ1) is 12.7. The Labute approximate surface area is 119 Å². The van der Waals surface area contributed by atoms with E-state index in [1.54, 1.807) is 6.07 Å². The van der Waals surface area contributed by atoms with Gasteiger partial charge < -0.3 is 9.64 Å². The van der Waals surface area contributed by atoms with Crippen LogP contribution in [0.3, 0.4) is 0 Å². The maximum absolute atomic E-state index is 11.9. The van der Waals surface area contributed by atoms with E-state index in [4.69, 9.17) is 4.74 Å². The number of ether oxygens (including phenoxy) is 1. The van der Waals surface area contributed by atoms with E-state index < -0.39 is 0 Å². The summed E-state index contributed by atoms with van der Waals surface area (Å²) >= 11 is 3.37. The number of methoxy groups -OCH3 is 1. The van der Waals surface area contributed by atoms with Crippen molar-refractivity contribution in [2.24, 2.45) is 11.8 Å². The van der Waals surface area contributed by atoms with Crippen molar-refractivity contribution in [2.75, 3.05) is 13.7 Å². The zero-order chi connectivity index (χ0) is 13.6. The minimum Gasteiger partial charge on any atom is -0.465 e. The van der Waals surface area contributed by atoms with E-state index in [2.05, 4.69) is 15.9 Å². The number of fused-ring (bicyclic) bond motifs is 1. The summed E-state index contributed by atoms with van der Waals surface area (Å²) in [6, 6.07) is 5.48. The van der Waals surface area contributed by atoms with Crippen molar-refractivity contribution in [1.29, 1.82) is 0 Å². The molecule has 2 fully saturated rings. The molecule has 0 spiro atoms. The van der Waals surface area contributed by atoms with Gasteiger partial charge in [-0.05, 0) is 46.0 Å². The number of hydrogen-bond donors (Lipinski definition) is 0. The summed E-state index contributed by atoms with van der Waals surface area (Å²) in [6.45, 7) is 1.49. The van der Waals surface area contributed by atoms with Crippen molar-refractivity contribution >= 4 is 27.8 Å². The molecule has 0 aromatic heterocycles. The number of hydrogen-bond acceptors (Lipinski definition) is 3. The van der Waals surface area contributed by atoms with E-state index in [1.807, 2.05) is 17.0 Å². The van der Waals surface area contributed by atoms with E-state index >= 15 is 0 Å². The summed E-state index contributed by atoms with van der Waals surface area (Å²) in [4.78, 5) is 25.3. The van der Waals surface area contributed by atoms with Gasteiger partial charge in [0.2, 0.25) is 5.91 Å². The van der Waals surface area contributed by atoms with Crippen molar-refractivity contribution in [3.8, 4) is 0 Å². The summed E-state index contributed by atoms with van der Waals surface area (Å²) in [5, 5.41) is 0. The van der Waals surface area contributed by atoms with Gasteiger partial charge in [-0.1, -0.05) is 6.07 Å². The Balaban J connectivity index is 1.74. The molecule has 1 saturated carbocycles. The molecule has 5 heteroatoms. The van der Waals surface area contributed by atoms with Crippen LogP contribution in [0.15, 0.2) is 22.7 Å². The molecule has 2 unspecified atom stereocenters. The molecular formula is C14H14BrNO3. The fraction of sp³-hybridized carbons (Fsp3) is 0.429. The van der Waals surface area contributed by atoms with Crippen LogP contribution in [0.2, 0.25) is 0 Å². The second-order valence-corrected chi connectivity index (χ2v) is 5.98. The largest absolute Gasteiger partial charge is 0.465 e. The lowest BCUT2D eigenvalue weighted by Crippen LogP contribution is -2.27.